The molecule has 1 amide bonds. The van der Waals surface area contributed by atoms with Crippen LogP contribution in [0.2, 0.25) is 0 Å². The van der Waals surface area contributed by atoms with E-state index in [2.05, 4.69) is 10.2 Å². The van der Waals surface area contributed by atoms with Gasteiger partial charge in [-0.2, -0.15) is 0 Å². The average Bonchev–Trinajstić information content (AvgIpc) is 3.41. The minimum Gasteiger partial charge on any atom is -0.335 e. The molecule has 2 aromatic carbocycles. The van der Waals surface area contributed by atoms with E-state index in [4.69, 9.17) is 0 Å². The summed E-state index contributed by atoms with van der Waals surface area (Å²) in [6.07, 6.45) is 1.19. The summed E-state index contributed by atoms with van der Waals surface area (Å²) in [5.41, 5.74) is 1.07. The molecule has 3 aromatic rings. The highest BCUT2D eigenvalue weighted by Gasteiger charge is 2.36. The van der Waals surface area contributed by atoms with Crippen molar-refractivity contribution in [2.45, 2.75) is 43.9 Å². The van der Waals surface area contributed by atoms with Crippen LogP contribution in [0.4, 0.5) is 4.39 Å². The Kier molecular flexibility index (Phi) is 7.37. The van der Waals surface area contributed by atoms with Crippen molar-refractivity contribution in [3.05, 3.63) is 60.4 Å². The molecule has 2 heterocycles. The zero-order valence-electron chi connectivity index (χ0n) is 19.1. The van der Waals surface area contributed by atoms with Gasteiger partial charge in [-0.05, 0) is 44.0 Å². The SMILES string of the molecule is CCC(C)N(C(=O)CSc1nnc(-c2ccccc2F)n1-c1ccccc1)C1CCS(=O)(=O)C1. The van der Waals surface area contributed by atoms with E-state index >= 15 is 0 Å². The Labute approximate surface area is 203 Å². The molecule has 2 unspecified atom stereocenters. The lowest BCUT2D eigenvalue weighted by Crippen LogP contribution is -2.47. The standard InChI is InChI=1S/C24H27FN4O3S2/c1-3-17(2)28(19-13-14-34(31,32)16-19)22(30)15-33-24-27-26-23(20-11-7-8-12-21(20)25)29(24)18-9-5-4-6-10-18/h4-12,17,19H,3,13-16H2,1-2H3. The molecular formula is C24H27FN4O3S2. The van der Waals surface area contributed by atoms with Crippen LogP contribution >= 0.6 is 11.8 Å². The zero-order chi connectivity index (χ0) is 24.3. The van der Waals surface area contributed by atoms with Crippen LogP contribution in [-0.4, -0.2) is 63.3 Å². The van der Waals surface area contributed by atoms with Crippen LogP contribution in [0.5, 0.6) is 0 Å². The number of sulfone groups is 1. The maximum atomic E-state index is 14.6. The maximum Gasteiger partial charge on any atom is 0.233 e. The van der Waals surface area contributed by atoms with E-state index < -0.39 is 15.7 Å². The maximum absolute atomic E-state index is 14.6. The summed E-state index contributed by atoms with van der Waals surface area (Å²) in [4.78, 5) is 15.0. The first-order valence-corrected chi connectivity index (χ1v) is 14.0. The Hall–Kier alpha value is -2.72. The molecule has 2 atom stereocenters. The molecule has 0 N–H and O–H groups in total. The molecular weight excluding hydrogens is 475 g/mol. The van der Waals surface area contributed by atoms with Crippen molar-refractivity contribution in [1.29, 1.82) is 0 Å². The van der Waals surface area contributed by atoms with Gasteiger partial charge in [0.25, 0.3) is 0 Å². The Morgan fingerprint density at radius 3 is 2.53 bits per heavy atom. The van der Waals surface area contributed by atoms with Crippen molar-refractivity contribution in [2.24, 2.45) is 0 Å². The Balaban J connectivity index is 1.62. The van der Waals surface area contributed by atoms with Gasteiger partial charge in [0.15, 0.2) is 20.8 Å². The molecule has 7 nitrogen and oxygen atoms in total. The first-order valence-electron chi connectivity index (χ1n) is 11.2. The topological polar surface area (TPSA) is 85.2 Å². The highest BCUT2D eigenvalue weighted by Crippen LogP contribution is 2.30. The lowest BCUT2D eigenvalue weighted by molar-refractivity contribution is -0.132. The van der Waals surface area contributed by atoms with Crippen molar-refractivity contribution < 1.29 is 17.6 Å². The summed E-state index contributed by atoms with van der Waals surface area (Å²) in [6.45, 7) is 3.92. The van der Waals surface area contributed by atoms with Crippen molar-refractivity contribution in [3.63, 3.8) is 0 Å². The van der Waals surface area contributed by atoms with E-state index in [1.807, 2.05) is 44.2 Å². The highest BCUT2D eigenvalue weighted by molar-refractivity contribution is 7.99. The van der Waals surface area contributed by atoms with Gasteiger partial charge >= 0.3 is 0 Å². The van der Waals surface area contributed by atoms with Gasteiger partial charge in [-0.15, -0.1) is 10.2 Å². The van der Waals surface area contributed by atoms with Crippen molar-refractivity contribution in [2.75, 3.05) is 17.3 Å². The second kappa shape index (κ2) is 10.3. The van der Waals surface area contributed by atoms with Crippen molar-refractivity contribution >= 4 is 27.5 Å². The first kappa shape index (κ1) is 24.4. The van der Waals surface area contributed by atoms with E-state index in [0.29, 0.717) is 23.0 Å². The molecule has 0 saturated carbocycles. The fraction of sp³-hybridized carbons (Fsp3) is 0.375. The lowest BCUT2D eigenvalue weighted by Gasteiger charge is -2.33. The summed E-state index contributed by atoms with van der Waals surface area (Å²) >= 11 is 1.21. The van der Waals surface area contributed by atoms with E-state index in [-0.39, 0.29) is 35.2 Å². The number of amides is 1. The van der Waals surface area contributed by atoms with Gasteiger partial charge in [0.1, 0.15) is 5.82 Å². The number of carbonyl (C=O) groups is 1. The minimum absolute atomic E-state index is 0.00533. The number of nitrogens with zero attached hydrogens (tertiary/aromatic N) is 4. The summed E-state index contributed by atoms with van der Waals surface area (Å²) in [5, 5.41) is 8.97. The first-order chi connectivity index (χ1) is 16.3. The number of aromatic nitrogens is 3. The molecule has 1 aliphatic heterocycles. The number of thioether (sulfide) groups is 1. The molecule has 0 spiro atoms. The van der Waals surface area contributed by atoms with Crippen LogP contribution in [0.15, 0.2) is 59.8 Å². The monoisotopic (exact) mass is 502 g/mol. The highest BCUT2D eigenvalue weighted by atomic mass is 32.2. The third-order valence-corrected chi connectivity index (χ3v) is 8.71. The van der Waals surface area contributed by atoms with E-state index in [0.717, 1.165) is 12.1 Å². The number of halogens is 1. The molecule has 1 aromatic heterocycles. The van der Waals surface area contributed by atoms with Gasteiger partial charge in [-0.3, -0.25) is 9.36 Å². The molecule has 10 heteroatoms. The van der Waals surface area contributed by atoms with Crippen LogP contribution in [0, 0.1) is 5.82 Å². The van der Waals surface area contributed by atoms with Crippen LogP contribution in [0.25, 0.3) is 17.1 Å². The smallest absolute Gasteiger partial charge is 0.233 e. The van der Waals surface area contributed by atoms with Gasteiger partial charge in [0.2, 0.25) is 5.91 Å². The van der Waals surface area contributed by atoms with Gasteiger partial charge in [-0.25, -0.2) is 12.8 Å². The summed E-state index contributed by atoms with van der Waals surface area (Å²) in [6, 6.07) is 15.3. The normalized spacial score (nSPS) is 18.0. The van der Waals surface area contributed by atoms with Crippen molar-refractivity contribution in [1.82, 2.24) is 19.7 Å². The van der Waals surface area contributed by atoms with Crippen LogP contribution in [0.1, 0.15) is 26.7 Å². The average molecular weight is 503 g/mol. The summed E-state index contributed by atoms with van der Waals surface area (Å²) in [5.74, 6) is -0.0186. The quantitative estimate of drug-likeness (QED) is 0.433. The number of rotatable bonds is 8. The van der Waals surface area contributed by atoms with E-state index in [1.165, 1.54) is 17.8 Å². The van der Waals surface area contributed by atoms with Crippen LogP contribution in [0.3, 0.4) is 0 Å². The molecule has 4 rings (SSSR count). The summed E-state index contributed by atoms with van der Waals surface area (Å²) in [7, 11) is -3.12. The van der Waals surface area contributed by atoms with Gasteiger partial charge in [0, 0.05) is 17.8 Å². The lowest BCUT2D eigenvalue weighted by atomic mass is 10.1. The molecule has 0 aliphatic carbocycles. The Morgan fingerprint density at radius 2 is 1.88 bits per heavy atom. The predicted molar refractivity (Wildman–Crippen MR) is 131 cm³/mol. The molecule has 1 fully saturated rings. The molecule has 0 radical (unpaired) electrons. The summed E-state index contributed by atoms with van der Waals surface area (Å²) < 4.78 is 40.4. The number of carbonyl (C=O) groups excluding carboxylic acids is 1. The van der Waals surface area contributed by atoms with Gasteiger partial charge in [-0.1, -0.05) is 49.0 Å². The van der Waals surface area contributed by atoms with Crippen LogP contribution in [-0.2, 0) is 14.6 Å². The molecule has 1 aliphatic rings. The molecule has 34 heavy (non-hydrogen) atoms. The Morgan fingerprint density at radius 1 is 1.18 bits per heavy atom. The third-order valence-electron chi connectivity index (χ3n) is 6.04. The number of benzene rings is 2. The number of para-hydroxylation sites is 1. The number of hydrogen-bond donors (Lipinski definition) is 0. The van der Waals surface area contributed by atoms with Gasteiger partial charge < -0.3 is 4.90 Å². The fourth-order valence-electron chi connectivity index (χ4n) is 4.19. The second-order valence-electron chi connectivity index (χ2n) is 8.36. The molecule has 180 valence electrons. The van der Waals surface area contributed by atoms with Crippen LogP contribution < -0.4 is 0 Å². The largest absolute Gasteiger partial charge is 0.335 e. The van der Waals surface area contributed by atoms with Gasteiger partial charge in [0.05, 0.1) is 22.8 Å². The third kappa shape index (κ3) is 5.17. The van der Waals surface area contributed by atoms with E-state index in [9.17, 15) is 17.6 Å². The predicted octanol–water partition coefficient (Wildman–Crippen LogP) is 3.98. The minimum atomic E-state index is -3.12. The fourth-order valence-corrected chi connectivity index (χ4v) is 6.72. The second-order valence-corrected chi connectivity index (χ2v) is 11.5. The van der Waals surface area contributed by atoms with Crippen molar-refractivity contribution in [3.8, 4) is 17.1 Å². The van der Waals surface area contributed by atoms with E-state index in [1.54, 1.807) is 27.7 Å². The molecule has 0 bridgehead atoms. The zero-order valence-corrected chi connectivity index (χ0v) is 20.7. The number of hydrogen-bond acceptors (Lipinski definition) is 6. The molecule has 1 saturated heterocycles. The Bertz CT molecular complexity index is 1260.